The summed E-state index contributed by atoms with van der Waals surface area (Å²) in [5, 5.41) is 8.48. The van der Waals surface area contributed by atoms with E-state index in [9.17, 15) is 4.79 Å². The van der Waals surface area contributed by atoms with E-state index in [1.165, 1.54) is 6.08 Å². The maximum Gasteiger partial charge on any atom is 0.328 e. The number of carboxylic acids is 1. The van der Waals surface area contributed by atoms with Gasteiger partial charge in [0.2, 0.25) is 0 Å². The van der Waals surface area contributed by atoms with Gasteiger partial charge in [0.25, 0.3) is 0 Å². The summed E-state index contributed by atoms with van der Waals surface area (Å²) in [4.78, 5) is 10.3. The van der Waals surface area contributed by atoms with E-state index in [1.807, 2.05) is 6.92 Å². The van der Waals surface area contributed by atoms with Crippen LogP contribution in [0.1, 0.15) is 33.6 Å². The molecule has 0 aliphatic heterocycles. The van der Waals surface area contributed by atoms with Gasteiger partial charge in [-0.25, -0.2) is 4.79 Å². The van der Waals surface area contributed by atoms with Gasteiger partial charge < -0.3 is 5.11 Å². The quantitative estimate of drug-likeness (QED) is 0.635. The molecule has 0 aromatic rings. The Morgan fingerprint density at radius 3 is 2.36 bits per heavy atom. The summed E-state index contributed by atoms with van der Waals surface area (Å²) in [5.74, 6) is -0.432. The summed E-state index contributed by atoms with van der Waals surface area (Å²) in [6.45, 7) is 6.11. The van der Waals surface area contributed by atoms with Crippen molar-refractivity contribution in [3.05, 3.63) is 11.6 Å². The standard InChI is InChI=1S/C9H16O2/c1-4-7(3)8(5-2)6-9(10)11/h6-7H,4-5H2,1-3H3,(H,10,11)/b8-6+. The smallest absolute Gasteiger partial charge is 0.328 e. The largest absolute Gasteiger partial charge is 0.478 e. The van der Waals surface area contributed by atoms with Crippen LogP contribution in [0.3, 0.4) is 0 Å². The van der Waals surface area contributed by atoms with Crippen LogP contribution in [-0.4, -0.2) is 11.1 Å². The Morgan fingerprint density at radius 1 is 1.55 bits per heavy atom. The number of carbonyl (C=O) groups is 1. The summed E-state index contributed by atoms with van der Waals surface area (Å²) in [6, 6.07) is 0. The maximum atomic E-state index is 10.3. The molecule has 2 heteroatoms. The molecule has 0 aliphatic rings. The Morgan fingerprint density at radius 2 is 2.09 bits per heavy atom. The van der Waals surface area contributed by atoms with E-state index in [0.717, 1.165) is 18.4 Å². The molecule has 0 aromatic heterocycles. The van der Waals surface area contributed by atoms with E-state index in [1.54, 1.807) is 0 Å². The number of allylic oxidation sites excluding steroid dienone is 1. The molecule has 0 aliphatic carbocycles. The molecule has 0 saturated carbocycles. The Bertz CT molecular complexity index is 159. The van der Waals surface area contributed by atoms with E-state index in [-0.39, 0.29) is 0 Å². The van der Waals surface area contributed by atoms with Crippen molar-refractivity contribution >= 4 is 5.97 Å². The molecule has 0 fully saturated rings. The van der Waals surface area contributed by atoms with Crippen LogP contribution in [0.15, 0.2) is 11.6 Å². The number of hydrogen-bond acceptors (Lipinski definition) is 1. The summed E-state index contributed by atoms with van der Waals surface area (Å²) in [6.07, 6.45) is 3.17. The van der Waals surface area contributed by atoms with Crippen molar-refractivity contribution in [2.75, 3.05) is 0 Å². The molecule has 0 radical (unpaired) electrons. The van der Waals surface area contributed by atoms with Crippen molar-refractivity contribution in [1.82, 2.24) is 0 Å². The van der Waals surface area contributed by atoms with Gasteiger partial charge in [-0.3, -0.25) is 0 Å². The molecule has 1 N–H and O–H groups in total. The minimum atomic E-state index is -0.831. The first-order chi connectivity index (χ1) is 5.11. The van der Waals surface area contributed by atoms with Gasteiger partial charge in [-0.2, -0.15) is 0 Å². The molecule has 1 atom stereocenters. The van der Waals surface area contributed by atoms with Gasteiger partial charge in [-0.15, -0.1) is 0 Å². The predicted octanol–water partition coefficient (Wildman–Crippen LogP) is 2.45. The monoisotopic (exact) mass is 156 g/mol. The van der Waals surface area contributed by atoms with Crippen LogP contribution in [0.2, 0.25) is 0 Å². The third kappa shape index (κ3) is 3.81. The van der Waals surface area contributed by atoms with Crippen LogP contribution in [0.25, 0.3) is 0 Å². The van der Waals surface area contributed by atoms with E-state index < -0.39 is 5.97 Å². The van der Waals surface area contributed by atoms with Crippen molar-refractivity contribution in [1.29, 1.82) is 0 Å². The molecule has 0 amide bonds. The molecule has 0 rings (SSSR count). The van der Waals surface area contributed by atoms with Gasteiger partial charge in [0.1, 0.15) is 0 Å². The maximum absolute atomic E-state index is 10.3. The van der Waals surface area contributed by atoms with Crippen LogP contribution >= 0.6 is 0 Å². The zero-order valence-electron chi connectivity index (χ0n) is 7.42. The van der Waals surface area contributed by atoms with E-state index in [0.29, 0.717) is 5.92 Å². The summed E-state index contributed by atoms with van der Waals surface area (Å²) < 4.78 is 0. The number of hydrogen-bond donors (Lipinski definition) is 1. The Labute approximate surface area is 67.9 Å². The van der Waals surface area contributed by atoms with Crippen molar-refractivity contribution in [2.45, 2.75) is 33.6 Å². The highest BCUT2D eigenvalue weighted by Gasteiger charge is 2.05. The van der Waals surface area contributed by atoms with Gasteiger partial charge in [0.15, 0.2) is 0 Å². The first-order valence-corrected chi connectivity index (χ1v) is 4.05. The van der Waals surface area contributed by atoms with Crippen molar-refractivity contribution in [3.63, 3.8) is 0 Å². The summed E-state index contributed by atoms with van der Waals surface area (Å²) in [7, 11) is 0. The molecular formula is C9H16O2. The lowest BCUT2D eigenvalue weighted by Gasteiger charge is -2.10. The minimum Gasteiger partial charge on any atom is -0.478 e. The zero-order chi connectivity index (χ0) is 8.85. The van der Waals surface area contributed by atoms with Crippen LogP contribution in [0.5, 0.6) is 0 Å². The first-order valence-electron chi connectivity index (χ1n) is 4.05. The lowest BCUT2D eigenvalue weighted by atomic mass is 9.96. The Kier molecular flexibility index (Phi) is 4.59. The third-order valence-electron chi connectivity index (χ3n) is 1.96. The van der Waals surface area contributed by atoms with Gasteiger partial charge >= 0.3 is 5.97 Å². The number of carboxylic acid groups (broad SMARTS) is 1. The summed E-state index contributed by atoms with van der Waals surface area (Å²) in [5.41, 5.74) is 1.03. The zero-order valence-corrected chi connectivity index (χ0v) is 7.42. The Balaban J connectivity index is 4.26. The fourth-order valence-electron chi connectivity index (χ4n) is 1.01. The lowest BCUT2D eigenvalue weighted by molar-refractivity contribution is -0.131. The fraction of sp³-hybridized carbons (Fsp3) is 0.667. The van der Waals surface area contributed by atoms with Gasteiger partial charge in [0, 0.05) is 6.08 Å². The van der Waals surface area contributed by atoms with Gasteiger partial charge in [-0.1, -0.05) is 26.3 Å². The van der Waals surface area contributed by atoms with E-state index in [2.05, 4.69) is 13.8 Å². The Hall–Kier alpha value is -0.790. The molecule has 2 nitrogen and oxygen atoms in total. The first kappa shape index (κ1) is 10.2. The molecule has 0 saturated heterocycles. The number of rotatable bonds is 4. The highest BCUT2D eigenvalue weighted by Crippen LogP contribution is 2.16. The van der Waals surface area contributed by atoms with Crippen LogP contribution in [0.4, 0.5) is 0 Å². The molecule has 64 valence electrons. The minimum absolute atomic E-state index is 0.399. The van der Waals surface area contributed by atoms with Crippen LogP contribution < -0.4 is 0 Å². The van der Waals surface area contributed by atoms with Crippen molar-refractivity contribution < 1.29 is 9.90 Å². The van der Waals surface area contributed by atoms with E-state index >= 15 is 0 Å². The molecule has 0 bridgehead atoms. The van der Waals surface area contributed by atoms with Gasteiger partial charge in [-0.05, 0) is 18.8 Å². The molecule has 0 spiro atoms. The molecule has 11 heavy (non-hydrogen) atoms. The molecule has 0 heterocycles. The second-order valence-corrected chi connectivity index (χ2v) is 2.72. The number of aliphatic carboxylic acids is 1. The van der Waals surface area contributed by atoms with Crippen molar-refractivity contribution in [2.24, 2.45) is 5.92 Å². The molecular weight excluding hydrogens is 140 g/mol. The highest BCUT2D eigenvalue weighted by molar-refractivity contribution is 5.80. The van der Waals surface area contributed by atoms with Crippen LogP contribution in [0, 0.1) is 5.92 Å². The molecule has 0 aromatic carbocycles. The topological polar surface area (TPSA) is 37.3 Å². The predicted molar refractivity (Wildman–Crippen MR) is 45.5 cm³/mol. The van der Waals surface area contributed by atoms with Crippen molar-refractivity contribution in [3.8, 4) is 0 Å². The summed E-state index contributed by atoms with van der Waals surface area (Å²) >= 11 is 0. The van der Waals surface area contributed by atoms with Gasteiger partial charge in [0.05, 0.1) is 0 Å². The highest BCUT2D eigenvalue weighted by atomic mass is 16.4. The average molecular weight is 156 g/mol. The molecule has 1 unspecified atom stereocenters. The second-order valence-electron chi connectivity index (χ2n) is 2.72. The lowest BCUT2D eigenvalue weighted by Crippen LogP contribution is -2.00. The average Bonchev–Trinajstić information content (AvgIpc) is 1.98. The fourth-order valence-corrected chi connectivity index (χ4v) is 1.01. The third-order valence-corrected chi connectivity index (χ3v) is 1.96. The SMILES string of the molecule is CC/C(=C\C(=O)O)C(C)CC. The second kappa shape index (κ2) is 4.94. The van der Waals surface area contributed by atoms with E-state index in [4.69, 9.17) is 5.11 Å². The van der Waals surface area contributed by atoms with Crippen LogP contribution in [-0.2, 0) is 4.79 Å². The normalized spacial score (nSPS) is 14.6.